The van der Waals surface area contributed by atoms with Gasteiger partial charge in [-0.15, -0.1) is 0 Å². The summed E-state index contributed by atoms with van der Waals surface area (Å²) in [5, 5.41) is 7.80. The fourth-order valence-electron chi connectivity index (χ4n) is 0.235. The van der Waals surface area contributed by atoms with E-state index in [1.807, 2.05) is 0 Å². The molecule has 1 N–H and O–H groups in total. The monoisotopic (exact) mass is 152 g/mol. The van der Waals surface area contributed by atoms with E-state index in [0.717, 1.165) is 0 Å². The number of hydrogen-bond donors (Lipinski definition) is 1. The predicted molar refractivity (Wildman–Crippen MR) is 29.1 cm³/mol. The van der Waals surface area contributed by atoms with Gasteiger partial charge in [-0.3, -0.25) is 0 Å². The molecule has 0 bridgehead atoms. The first-order valence-corrected chi connectivity index (χ1v) is 2.38. The normalized spacial score (nSPS) is 12.2. The highest BCUT2D eigenvalue weighted by atomic mass is 19.2. The third kappa shape index (κ3) is 3.82. The van der Waals surface area contributed by atoms with Crippen LogP contribution in [0.5, 0.6) is 0 Å². The molecule has 1 atom stereocenters. The molecule has 5 heteroatoms. The maximum Gasteiger partial charge on any atom is 0.505 e. The van der Waals surface area contributed by atoms with Crippen molar-refractivity contribution in [3.63, 3.8) is 0 Å². The smallest absolute Gasteiger partial charge is 0.450 e. The van der Waals surface area contributed by atoms with Crippen molar-refractivity contribution in [3.8, 4) is 0 Å². The van der Waals surface area contributed by atoms with Gasteiger partial charge in [-0.2, -0.15) is 0 Å². The summed E-state index contributed by atoms with van der Waals surface area (Å²) in [5.74, 6) is -1.23. The Morgan fingerprint density at radius 1 is 1.80 bits per heavy atom. The summed E-state index contributed by atoms with van der Waals surface area (Å²) >= 11 is 0. The van der Waals surface area contributed by atoms with E-state index in [1.165, 1.54) is 0 Å². The lowest BCUT2D eigenvalue weighted by Crippen LogP contribution is -2.13. The molecule has 0 heterocycles. The van der Waals surface area contributed by atoms with Gasteiger partial charge in [0.2, 0.25) is 0 Å². The van der Waals surface area contributed by atoms with Crippen LogP contribution in [0.25, 0.3) is 0 Å². The van der Waals surface area contributed by atoms with Gasteiger partial charge < -0.3 is 9.84 Å². The number of hydrogen-bond acceptors (Lipinski definition) is 2. The van der Waals surface area contributed by atoms with Crippen molar-refractivity contribution in [3.05, 3.63) is 12.4 Å². The third-order valence-electron chi connectivity index (χ3n) is 0.693. The van der Waals surface area contributed by atoms with Crippen LogP contribution >= 0.6 is 0 Å². The number of ether oxygens (including phenoxy) is 1. The van der Waals surface area contributed by atoms with Crippen LogP contribution in [0.3, 0.4) is 0 Å². The Morgan fingerprint density at radius 3 is 2.60 bits per heavy atom. The Kier molecular flexibility index (Phi) is 3.38. The van der Waals surface area contributed by atoms with Crippen molar-refractivity contribution in [2.24, 2.45) is 0 Å². The maximum absolute atomic E-state index is 12.0. The third-order valence-corrected chi connectivity index (χ3v) is 0.693. The number of halogens is 2. The average molecular weight is 152 g/mol. The molecule has 0 aliphatic rings. The molecule has 0 aromatic heterocycles. The van der Waals surface area contributed by atoms with E-state index in [2.05, 4.69) is 11.3 Å². The summed E-state index contributed by atoms with van der Waals surface area (Å²) in [6, 6.07) is 0. The largest absolute Gasteiger partial charge is 0.505 e. The molecule has 0 rings (SSSR count). The van der Waals surface area contributed by atoms with Crippen molar-refractivity contribution in [1.82, 2.24) is 0 Å². The first-order valence-electron chi connectivity index (χ1n) is 2.38. The molecule has 0 aromatic carbocycles. The van der Waals surface area contributed by atoms with Gasteiger partial charge in [0, 0.05) is 0 Å². The minimum absolute atomic E-state index is 0.843. The molecule has 0 saturated heterocycles. The predicted octanol–water partition coefficient (Wildman–Crippen LogP) is 1.50. The minimum Gasteiger partial charge on any atom is -0.450 e. The van der Waals surface area contributed by atoms with Crippen molar-refractivity contribution in [1.29, 1.82) is 0 Å². The van der Waals surface area contributed by atoms with Gasteiger partial charge in [-0.1, -0.05) is 6.58 Å². The summed E-state index contributed by atoms with van der Waals surface area (Å²) in [6.45, 7) is 1.78. The minimum atomic E-state index is -2.06. The zero-order valence-corrected chi connectivity index (χ0v) is 5.01. The molecule has 58 valence electrons. The van der Waals surface area contributed by atoms with Crippen LogP contribution in [0.2, 0.25) is 0 Å². The van der Waals surface area contributed by atoms with Crippen molar-refractivity contribution in [2.75, 3.05) is 6.61 Å². The van der Waals surface area contributed by atoms with E-state index in [4.69, 9.17) is 5.11 Å². The zero-order chi connectivity index (χ0) is 8.15. The first-order chi connectivity index (χ1) is 4.54. The van der Waals surface area contributed by atoms with Gasteiger partial charge in [0.1, 0.15) is 12.4 Å². The highest BCUT2D eigenvalue weighted by molar-refractivity contribution is 5.56. The van der Waals surface area contributed by atoms with Crippen LogP contribution in [-0.4, -0.2) is 24.0 Å². The van der Waals surface area contributed by atoms with Crippen molar-refractivity contribution < 1.29 is 23.4 Å². The summed E-state index contributed by atoms with van der Waals surface area (Å²) < 4.78 is 27.4. The molecule has 1 unspecified atom stereocenters. The van der Waals surface area contributed by atoms with Crippen molar-refractivity contribution >= 4 is 6.16 Å². The zero-order valence-electron chi connectivity index (χ0n) is 5.01. The van der Waals surface area contributed by atoms with Gasteiger partial charge in [-0.05, 0) is 0 Å². The van der Waals surface area contributed by atoms with Gasteiger partial charge >= 0.3 is 6.16 Å². The van der Waals surface area contributed by atoms with E-state index in [0.29, 0.717) is 0 Å². The van der Waals surface area contributed by atoms with Crippen LogP contribution in [-0.2, 0) is 4.74 Å². The van der Waals surface area contributed by atoms with Crippen molar-refractivity contribution in [2.45, 2.75) is 6.17 Å². The Hall–Kier alpha value is -1.13. The lowest BCUT2D eigenvalue weighted by atomic mass is 10.4. The van der Waals surface area contributed by atoms with E-state index in [1.54, 1.807) is 0 Å². The quantitative estimate of drug-likeness (QED) is 0.623. The Bertz CT molecular complexity index is 146. The second-order valence-corrected chi connectivity index (χ2v) is 1.49. The van der Waals surface area contributed by atoms with E-state index >= 15 is 0 Å². The van der Waals surface area contributed by atoms with E-state index < -0.39 is 24.8 Å². The van der Waals surface area contributed by atoms with Gasteiger partial charge in [0.25, 0.3) is 0 Å². The van der Waals surface area contributed by atoms with Gasteiger partial charge in [-0.25, -0.2) is 13.6 Å². The fraction of sp³-hybridized carbons (Fsp3) is 0.400. The molecule has 0 aromatic rings. The molecule has 0 aliphatic carbocycles. The standard InChI is InChI=1S/C5H6F2O3/c1-3(6)4(7)2-10-5(8)9/h4H,1-2H2,(H,8,9). The molecule has 0 saturated carbocycles. The molecule has 0 radical (unpaired) electrons. The molecular weight excluding hydrogens is 146 g/mol. The molecule has 10 heavy (non-hydrogen) atoms. The van der Waals surface area contributed by atoms with Crippen LogP contribution in [0.4, 0.5) is 13.6 Å². The van der Waals surface area contributed by atoms with Crippen LogP contribution in [0.1, 0.15) is 0 Å². The second kappa shape index (κ2) is 3.81. The highest BCUT2D eigenvalue weighted by Gasteiger charge is 2.12. The number of carboxylic acid groups (broad SMARTS) is 1. The topological polar surface area (TPSA) is 46.5 Å². The highest BCUT2D eigenvalue weighted by Crippen LogP contribution is 2.05. The molecule has 0 aliphatic heterocycles. The van der Waals surface area contributed by atoms with Crippen LogP contribution < -0.4 is 0 Å². The first kappa shape index (κ1) is 8.87. The number of carbonyl (C=O) groups is 1. The molecule has 3 nitrogen and oxygen atoms in total. The molecule has 0 fully saturated rings. The number of alkyl halides is 1. The Morgan fingerprint density at radius 2 is 2.30 bits per heavy atom. The Labute approximate surface area is 55.9 Å². The summed E-state index contributed by atoms with van der Waals surface area (Å²) in [4.78, 5) is 9.59. The van der Waals surface area contributed by atoms with Crippen LogP contribution in [0.15, 0.2) is 12.4 Å². The fourth-order valence-corrected chi connectivity index (χ4v) is 0.235. The average Bonchev–Trinajstić information content (AvgIpc) is 1.82. The lowest BCUT2D eigenvalue weighted by Gasteiger charge is -2.02. The summed E-state index contributed by atoms with van der Waals surface area (Å²) in [7, 11) is 0. The Balaban J connectivity index is 3.49. The van der Waals surface area contributed by atoms with E-state index in [-0.39, 0.29) is 0 Å². The number of rotatable bonds is 3. The summed E-state index contributed by atoms with van der Waals surface area (Å²) in [6.07, 6.45) is -3.69. The van der Waals surface area contributed by atoms with Gasteiger partial charge in [0.05, 0.1) is 0 Å². The van der Waals surface area contributed by atoms with E-state index in [9.17, 15) is 13.6 Å². The molecule has 0 amide bonds. The lowest BCUT2D eigenvalue weighted by molar-refractivity contribution is 0.0706. The maximum atomic E-state index is 12.0. The molecular formula is C5H6F2O3. The SMILES string of the molecule is C=C(F)C(F)COC(=O)O. The summed E-state index contributed by atoms with van der Waals surface area (Å²) in [5.41, 5.74) is 0. The van der Waals surface area contributed by atoms with Gasteiger partial charge in [0.15, 0.2) is 6.17 Å². The van der Waals surface area contributed by atoms with Crippen LogP contribution in [0, 0.1) is 0 Å². The second-order valence-electron chi connectivity index (χ2n) is 1.49. The molecule has 0 spiro atoms.